The van der Waals surface area contributed by atoms with Crippen LogP contribution in [-0.2, 0) is 23.8 Å². The molecule has 67 heavy (non-hydrogen) atoms. The van der Waals surface area contributed by atoms with Crippen LogP contribution in [-0.4, -0.2) is 130 Å². The molecule has 2 aromatic heterocycles. The molecule has 0 radical (unpaired) electrons. The van der Waals surface area contributed by atoms with Crippen molar-refractivity contribution in [2.24, 2.45) is 0 Å². The molecule has 4 fully saturated rings. The molecule has 1 saturated carbocycles. The Bertz CT molecular complexity index is 2670. The van der Waals surface area contributed by atoms with Gasteiger partial charge >= 0.3 is 12.2 Å². The summed E-state index contributed by atoms with van der Waals surface area (Å²) in [6, 6.07) is 14.8. The molecule has 1 aliphatic carbocycles. The molecule has 5 heterocycles. The molecular weight excluding hydrogens is 862 g/mol. The zero-order valence-corrected chi connectivity index (χ0v) is 38.8. The number of carbonyl (C=O) groups excluding carboxylic acids is 3. The van der Waals surface area contributed by atoms with Crippen LogP contribution in [0, 0.1) is 5.82 Å². The smallest absolute Gasteiger partial charge is 0.407 e. The number of imidazole rings is 2. The van der Waals surface area contributed by atoms with Crippen molar-refractivity contribution in [3.63, 3.8) is 0 Å². The Balaban J connectivity index is 1.01. The summed E-state index contributed by atoms with van der Waals surface area (Å²) in [5.74, 6) is 0.800. The molecule has 3 saturated heterocycles. The van der Waals surface area contributed by atoms with Crippen LogP contribution in [0.15, 0.2) is 54.6 Å². The average Bonchev–Trinajstić information content (AvgIpc) is 3.86. The minimum atomic E-state index is -1.21. The van der Waals surface area contributed by atoms with E-state index in [0.717, 1.165) is 82.2 Å². The van der Waals surface area contributed by atoms with Gasteiger partial charge < -0.3 is 49.3 Å². The summed E-state index contributed by atoms with van der Waals surface area (Å²) in [6.45, 7) is 4.38. The molecule has 0 bridgehead atoms. The first-order valence-corrected chi connectivity index (χ1v) is 23.3. The van der Waals surface area contributed by atoms with E-state index in [-0.39, 0.29) is 41.8 Å². The number of halogens is 1. The number of alkyl carbamates (subject to hydrolysis) is 1. The number of carboxylic acid groups (broad SMARTS) is 1. The Morgan fingerprint density at radius 3 is 1.76 bits per heavy atom. The van der Waals surface area contributed by atoms with Crippen LogP contribution in [0.5, 0.6) is 0 Å². The van der Waals surface area contributed by atoms with Crippen molar-refractivity contribution in [2.45, 2.75) is 120 Å². The summed E-state index contributed by atoms with van der Waals surface area (Å²) in [5, 5.41) is 12.4. The summed E-state index contributed by atoms with van der Waals surface area (Å²) in [7, 11) is 5.59. The number of benzene rings is 3. The van der Waals surface area contributed by atoms with Crippen LogP contribution < -0.4 is 10.2 Å². The number of carbonyl (C=O) groups is 4. The van der Waals surface area contributed by atoms with E-state index in [1.807, 2.05) is 18.2 Å². The van der Waals surface area contributed by atoms with E-state index in [1.54, 1.807) is 29.7 Å². The Morgan fingerprint density at radius 1 is 0.731 bits per heavy atom. The van der Waals surface area contributed by atoms with Gasteiger partial charge in [0.2, 0.25) is 11.8 Å². The first-order chi connectivity index (χ1) is 32.3. The Kier molecular flexibility index (Phi) is 12.9. The number of fused-ring (bicyclic) bond motifs is 2. The van der Waals surface area contributed by atoms with Gasteiger partial charge in [0.1, 0.15) is 29.5 Å². The third kappa shape index (κ3) is 8.76. The number of aromatic amines is 2. The maximum atomic E-state index is 16.6. The summed E-state index contributed by atoms with van der Waals surface area (Å²) in [6.07, 6.45) is 3.28. The molecule has 4 aliphatic rings. The van der Waals surface area contributed by atoms with Crippen molar-refractivity contribution in [2.75, 3.05) is 46.4 Å². The lowest BCUT2D eigenvalue weighted by atomic mass is 10.0. The van der Waals surface area contributed by atoms with E-state index in [2.05, 4.69) is 50.5 Å². The molecule has 356 valence electrons. The van der Waals surface area contributed by atoms with E-state index in [1.165, 1.54) is 28.4 Å². The maximum absolute atomic E-state index is 16.6. The minimum Gasteiger partial charge on any atom is -0.465 e. The largest absolute Gasteiger partial charge is 0.465 e. The van der Waals surface area contributed by atoms with Crippen LogP contribution >= 0.6 is 0 Å². The van der Waals surface area contributed by atoms with Crippen molar-refractivity contribution >= 4 is 51.8 Å². The lowest BCUT2D eigenvalue weighted by Crippen LogP contribution is -2.54. The van der Waals surface area contributed by atoms with Gasteiger partial charge in [-0.05, 0) is 124 Å². The molecule has 0 spiro atoms. The molecule has 17 nitrogen and oxygen atoms in total. The highest BCUT2D eigenvalue weighted by Crippen LogP contribution is 2.50. The van der Waals surface area contributed by atoms with E-state index >= 15 is 4.39 Å². The Hall–Kier alpha value is -6.27. The number of nitrogens with one attached hydrogen (secondary N) is 3. The van der Waals surface area contributed by atoms with Crippen molar-refractivity contribution in [3.8, 4) is 0 Å². The predicted molar refractivity (Wildman–Crippen MR) is 247 cm³/mol. The van der Waals surface area contributed by atoms with Gasteiger partial charge in [-0.3, -0.25) is 14.5 Å². The van der Waals surface area contributed by atoms with Crippen LogP contribution in [0.3, 0.4) is 0 Å². The molecule has 1 unspecified atom stereocenters. The topological polar surface area (TPSA) is 199 Å². The molecule has 5 aromatic rings. The van der Waals surface area contributed by atoms with E-state index < -0.39 is 36.5 Å². The van der Waals surface area contributed by atoms with E-state index in [9.17, 15) is 24.3 Å². The van der Waals surface area contributed by atoms with Gasteiger partial charge in [0.05, 0.1) is 71.2 Å². The monoisotopic (exact) mass is 921 g/mol. The van der Waals surface area contributed by atoms with Crippen molar-refractivity contribution in [3.05, 3.63) is 88.8 Å². The second-order valence-electron chi connectivity index (χ2n) is 18.5. The van der Waals surface area contributed by atoms with Gasteiger partial charge in [0.15, 0.2) is 0 Å². The normalized spacial score (nSPS) is 22.6. The van der Waals surface area contributed by atoms with Crippen LogP contribution in [0.4, 0.5) is 19.7 Å². The number of methoxy groups -OCH3 is 3. The molecule has 4 N–H and O–H groups in total. The first kappa shape index (κ1) is 45.9. The molecule has 18 heteroatoms. The average molecular weight is 922 g/mol. The lowest BCUT2D eigenvalue weighted by molar-refractivity contribution is -0.141. The summed E-state index contributed by atoms with van der Waals surface area (Å²) in [5.41, 5.74) is 6.61. The maximum Gasteiger partial charge on any atom is 0.407 e. The van der Waals surface area contributed by atoms with Gasteiger partial charge in [0.25, 0.3) is 0 Å². The number of ether oxygens (including phenoxy) is 3. The number of anilines is 1. The number of aromatic nitrogens is 4. The summed E-state index contributed by atoms with van der Waals surface area (Å²) >= 11 is 0. The third-order valence-corrected chi connectivity index (χ3v) is 14.6. The quantitative estimate of drug-likeness (QED) is 0.0854. The number of likely N-dealkylation sites (tertiary alicyclic amines) is 2. The van der Waals surface area contributed by atoms with Gasteiger partial charge in [-0.1, -0.05) is 18.2 Å². The molecular formula is C49H60FN9O8. The molecule has 9 rings (SSSR count). The number of H-pyrrole nitrogens is 2. The zero-order valence-electron chi connectivity index (χ0n) is 38.8. The lowest BCUT2D eigenvalue weighted by Gasteiger charge is -2.34. The fraction of sp³-hybridized carbons (Fsp3) is 0.510. The van der Waals surface area contributed by atoms with Crippen molar-refractivity contribution in [1.29, 1.82) is 0 Å². The van der Waals surface area contributed by atoms with E-state index in [0.29, 0.717) is 49.2 Å². The molecule has 3 aliphatic heterocycles. The SMILES string of the molecule is COC(=O)N[C@H](C(=O)N1CCC[C@H]1c1nc2ccc([C@@H]3CC[C@@H](c4ccc5nc([C@@H]6CCCN6C(=O)[C@H]([C@@H](C)OC)N(C)C(=O)O)[nH]c5c4)N3c3ccc(C4CC4)cc3F)cc2[nH]1)C(C)OC. The molecule has 8 atom stereocenters. The van der Waals surface area contributed by atoms with Crippen molar-refractivity contribution in [1.82, 2.24) is 40.0 Å². The summed E-state index contributed by atoms with van der Waals surface area (Å²) < 4.78 is 32.3. The second kappa shape index (κ2) is 18.8. The fourth-order valence-corrected chi connectivity index (χ4v) is 10.6. The highest BCUT2D eigenvalue weighted by Gasteiger charge is 2.43. The van der Waals surface area contributed by atoms with Gasteiger partial charge in [-0.25, -0.2) is 23.9 Å². The summed E-state index contributed by atoms with van der Waals surface area (Å²) in [4.78, 5) is 75.8. The molecule has 4 amide bonds. The number of nitrogens with zero attached hydrogens (tertiary/aromatic N) is 6. The zero-order chi connectivity index (χ0) is 47.3. The molecule has 3 aromatic carbocycles. The highest BCUT2D eigenvalue weighted by molar-refractivity contribution is 5.88. The van der Waals surface area contributed by atoms with Crippen LogP contribution in [0.25, 0.3) is 22.1 Å². The van der Waals surface area contributed by atoms with Gasteiger partial charge in [0, 0.05) is 34.4 Å². The van der Waals surface area contributed by atoms with Crippen LogP contribution in [0.2, 0.25) is 0 Å². The van der Waals surface area contributed by atoms with Crippen molar-refractivity contribution < 1.29 is 42.9 Å². The van der Waals surface area contributed by atoms with Gasteiger partial charge in [-0.2, -0.15) is 0 Å². The van der Waals surface area contributed by atoms with E-state index in [4.69, 9.17) is 24.2 Å². The Morgan fingerprint density at radius 2 is 1.27 bits per heavy atom. The van der Waals surface area contributed by atoms with Crippen LogP contribution in [0.1, 0.15) is 124 Å². The Labute approximate surface area is 388 Å². The number of hydrogen-bond acceptors (Lipinski definition) is 10. The number of rotatable bonds is 14. The second-order valence-corrected chi connectivity index (χ2v) is 18.5. The number of likely N-dealkylation sites (N-methyl/N-ethyl adjacent to an activating group) is 1. The number of hydrogen-bond donors (Lipinski definition) is 4. The third-order valence-electron chi connectivity index (χ3n) is 14.6. The standard InChI is InChI=1S/C49H60FN9O8/c1-26(65-4)42(55-48(62)67-6)46(60)57-21-7-9-40(57)44-51-33-16-13-30(24-35(33)53-44)37-19-20-38(59(37)39-18-15-29(23-32(39)50)28-11-12-28)31-14-17-34-36(25-31)54-45(52-34)41-10-8-22-58(41)47(61)43(27(2)66-5)56(3)49(63)64/h13-18,23-28,37-38,40-43H,7-12,19-22H2,1-6H3,(H,51,53)(H,52,54)(H,55,62)(H,63,64)/t26?,27-,37+,38+,40+,41+,42+,43+/m1/s1. The first-order valence-electron chi connectivity index (χ1n) is 23.3. The minimum absolute atomic E-state index is 0.190. The fourth-order valence-electron chi connectivity index (χ4n) is 10.6. The number of amides is 4. The predicted octanol–water partition coefficient (Wildman–Crippen LogP) is 7.64. The highest BCUT2D eigenvalue weighted by atomic mass is 19.1. The van der Waals surface area contributed by atoms with Gasteiger partial charge in [-0.15, -0.1) is 0 Å².